The lowest BCUT2D eigenvalue weighted by molar-refractivity contribution is -0.151. The Morgan fingerprint density at radius 3 is 2.64 bits per heavy atom. The second-order valence-corrected chi connectivity index (χ2v) is 10.8. The highest BCUT2D eigenvalue weighted by molar-refractivity contribution is 8.16. The Bertz CT molecular complexity index is 1220. The first-order valence-electron chi connectivity index (χ1n) is 13.4. The second-order valence-electron chi connectivity index (χ2n) is 9.99. The molecule has 0 spiro atoms. The number of fused-ring (bicyclic) bond motifs is 1. The number of carbonyl (C=O) groups excluding carboxylic acids is 3. The van der Waals surface area contributed by atoms with E-state index in [0.29, 0.717) is 37.6 Å². The topological polar surface area (TPSA) is 97.7 Å². The molecule has 1 saturated heterocycles. The summed E-state index contributed by atoms with van der Waals surface area (Å²) in [5, 5.41) is 2.66. The molecule has 0 aliphatic carbocycles. The Hall–Kier alpha value is -3.11. The molecule has 10 heteroatoms. The summed E-state index contributed by atoms with van der Waals surface area (Å²) in [7, 11) is 1.56. The lowest BCUT2D eigenvalue weighted by Gasteiger charge is -2.38. The molecule has 9 nitrogen and oxygen atoms in total. The standard InChI is InChI=1S/C29H37N3O6S/c1-6-37-27(34)21-8-7-11-31(16-21)24(33)15-22-17-39-29-30-20(4)25(28(35)38-13-12-36-5)26(32(22)29)23-10-9-18(2)14-19(23)3/h9-10,14,17,21,26H,6-8,11-13,15-16H2,1-5H3/t21-,26+/m1/s1. The number of esters is 2. The minimum Gasteiger partial charge on any atom is -0.466 e. The first-order valence-corrected chi connectivity index (χ1v) is 14.2. The van der Waals surface area contributed by atoms with Crippen LogP contribution in [0.4, 0.5) is 0 Å². The minimum atomic E-state index is -0.490. The second kappa shape index (κ2) is 12.8. The van der Waals surface area contributed by atoms with Gasteiger partial charge in [-0.3, -0.25) is 9.59 Å². The van der Waals surface area contributed by atoms with Crippen LogP contribution in [0.3, 0.4) is 0 Å². The summed E-state index contributed by atoms with van der Waals surface area (Å²) in [5.41, 5.74) is 4.91. The predicted octanol–water partition coefficient (Wildman–Crippen LogP) is 4.26. The van der Waals surface area contributed by atoms with Crippen LogP contribution in [0.2, 0.25) is 0 Å². The average molecular weight is 556 g/mol. The molecular weight excluding hydrogens is 518 g/mol. The van der Waals surface area contributed by atoms with Gasteiger partial charge in [-0.05, 0) is 57.1 Å². The van der Waals surface area contributed by atoms with Gasteiger partial charge in [0.15, 0.2) is 5.17 Å². The Morgan fingerprint density at radius 1 is 1.13 bits per heavy atom. The molecule has 0 saturated carbocycles. The van der Waals surface area contributed by atoms with E-state index in [0.717, 1.165) is 40.4 Å². The fourth-order valence-corrected chi connectivity index (χ4v) is 6.24. The molecule has 0 radical (unpaired) electrons. The molecule has 3 heterocycles. The van der Waals surface area contributed by atoms with Gasteiger partial charge < -0.3 is 24.0 Å². The maximum absolute atomic E-state index is 13.5. The molecule has 1 aromatic carbocycles. The van der Waals surface area contributed by atoms with Gasteiger partial charge in [0.05, 0.1) is 42.9 Å². The van der Waals surface area contributed by atoms with E-state index in [1.54, 1.807) is 18.9 Å². The van der Waals surface area contributed by atoms with Crippen LogP contribution < -0.4 is 0 Å². The number of benzene rings is 1. The van der Waals surface area contributed by atoms with Gasteiger partial charge in [0.25, 0.3) is 0 Å². The van der Waals surface area contributed by atoms with Crippen LogP contribution in [0.1, 0.15) is 55.8 Å². The van der Waals surface area contributed by atoms with Gasteiger partial charge in [-0.15, -0.1) is 0 Å². The number of thioether (sulfide) groups is 1. The summed E-state index contributed by atoms with van der Waals surface area (Å²) in [4.78, 5) is 47.7. The fourth-order valence-electron chi connectivity index (χ4n) is 5.28. The third-order valence-electron chi connectivity index (χ3n) is 7.19. The van der Waals surface area contributed by atoms with Crippen molar-refractivity contribution >= 4 is 34.8 Å². The van der Waals surface area contributed by atoms with Crippen molar-refractivity contribution in [1.29, 1.82) is 0 Å². The third-order valence-corrected chi connectivity index (χ3v) is 8.08. The summed E-state index contributed by atoms with van der Waals surface area (Å²) in [6.45, 7) is 9.38. The average Bonchev–Trinajstić information content (AvgIpc) is 3.30. The highest BCUT2D eigenvalue weighted by Gasteiger charge is 2.42. The van der Waals surface area contributed by atoms with Crippen molar-refractivity contribution in [2.24, 2.45) is 10.9 Å². The number of hydrogen-bond donors (Lipinski definition) is 0. The molecule has 39 heavy (non-hydrogen) atoms. The molecule has 0 unspecified atom stereocenters. The summed E-state index contributed by atoms with van der Waals surface area (Å²) in [6, 6.07) is 5.66. The Labute approximate surface area is 234 Å². The number of allylic oxidation sites excluding steroid dienone is 1. The monoisotopic (exact) mass is 555 g/mol. The first kappa shape index (κ1) is 28.9. The summed E-state index contributed by atoms with van der Waals surface area (Å²) < 4.78 is 15.8. The lowest BCUT2D eigenvalue weighted by Crippen LogP contribution is -2.44. The molecule has 0 aromatic heterocycles. The highest BCUT2D eigenvalue weighted by atomic mass is 32.2. The number of rotatable bonds is 9. The molecular formula is C29H37N3O6S. The van der Waals surface area contributed by atoms with Crippen LogP contribution >= 0.6 is 11.8 Å². The Balaban J connectivity index is 1.62. The fraction of sp³-hybridized carbons (Fsp3) is 0.517. The molecule has 4 rings (SSSR count). The number of nitrogens with zero attached hydrogens (tertiary/aromatic N) is 3. The number of amidine groups is 1. The molecule has 0 N–H and O–H groups in total. The largest absolute Gasteiger partial charge is 0.466 e. The SMILES string of the molecule is CCOC(=O)[C@@H]1CCCN(C(=O)CC2=CSC3=NC(C)=C(C(=O)OCCOC)[C@H](c4ccc(C)cc4C)N23)C1. The molecule has 210 valence electrons. The van der Waals surface area contributed by atoms with E-state index < -0.39 is 12.0 Å². The van der Waals surface area contributed by atoms with E-state index in [1.165, 1.54) is 11.8 Å². The van der Waals surface area contributed by atoms with Gasteiger partial charge in [-0.2, -0.15) is 0 Å². The van der Waals surface area contributed by atoms with E-state index in [4.69, 9.17) is 19.2 Å². The van der Waals surface area contributed by atoms with Crippen LogP contribution in [0.15, 0.2) is 45.6 Å². The predicted molar refractivity (Wildman–Crippen MR) is 150 cm³/mol. The van der Waals surface area contributed by atoms with Crippen LogP contribution in [0.25, 0.3) is 0 Å². The molecule has 1 amide bonds. The Morgan fingerprint density at radius 2 is 1.92 bits per heavy atom. The number of aryl methyl sites for hydroxylation is 2. The van der Waals surface area contributed by atoms with Gasteiger partial charge in [0.2, 0.25) is 5.91 Å². The van der Waals surface area contributed by atoms with Crippen molar-refractivity contribution in [3.8, 4) is 0 Å². The van der Waals surface area contributed by atoms with E-state index >= 15 is 0 Å². The van der Waals surface area contributed by atoms with E-state index in [9.17, 15) is 14.4 Å². The molecule has 3 aliphatic heterocycles. The summed E-state index contributed by atoms with van der Waals surface area (Å²) in [6.07, 6.45) is 1.61. The summed E-state index contributed by atoms with van der Waals surface area (Å²) >= 11 is 1.44. The third kappa shape index (κ3) is 6.38. The minimum absolute atomic E-state index is 0.0630. The lowest BCUT2D eigenvalue weighted by atomic mass is 9.90. The maximum Gasteiger partial charge on any atom is 0.338 e. The maximum atomic E-state index is 13.5. The first-order chi connectivity index (χ1) is 18.7. The number of piperidine rings is 1. The van der Waals surface area contributed by atoms with Crippen LogP contribution in [0, 0.1) is 19.8 Å². The van der Waals surface area contributed by atoms with Crippen molar-refractivity contribution in [2.45, 2.75) is 53.0 Å². The number of hydrogen-bond acceptors (Lipinski definition) is 9. The normalized spacial score (nSPS) is 20.8. The van der Waals surface area contributed by atoms with Gasteiger partial charge in [0.1, 0.15) is 6.61 Å². The molecule has 3 aliphatic rings. The summed E-state index contributed by atoms with van der Waals surface area (Å²) in [5.74, 6) is -1.06. The Kier molecular flexibility index (Phi) is 9.50. The highest BCUT2D eigenvalue weighted by Crippen LogP contribution is 2.45. The molecule has 0 bridgehead atoms. The zero-order valence-electron chi connectivity index (χ0n) is 23.3. The van der Waals surface area contributed by atoms with E-state index in [-0.39, 0.29) is 30.8 Å². The zero-order chi connectivity index (χ0) is 28.1. The number of amides is 1. The smallest absolute Gasteiger partial charge is 0.338 e. The van der Waals surface area contributed by atoms with Crippen LogP contribution in [-0.4, -0.2) is 72.8 Å². The van der Waals surface area contributed by atoms with Gasteiger partial charge in [0, 0.05) is 25.9 Å². The van der Waals surface area contributed by atoms with Crippen molar-refractivity contribution in [2.75, 3.05) is 40.0 Å². The van der Waals surface area contributed by atoms with Crippen LogP contribution in [0.5, 0.6) is 0 Å². The number of carbonyl (C=O) groups is 3. The van der Waals surface area contributed by atoms with Gasteiger partial charge >= 0.3 is 11.9 Å². The zero-order valence-corrected chi connectivity index (χ0v) is 24.1. The van der Waals surface area contributed by atoms with Gasteiger partial charge in [-0.25, -0.2) is 9.79 Å². The number of likely N-dealkylation sites (tertiary alicyclic amines) is 1. The quantitative estimate of drug-likeness (QED) is 0.329. The molecule has 2 atom stereocenters. The van der Waals surface area contributed by atoms with Crippen molar-refractivity contribution in [3.63, 3.8) is 0 Å². The number of aliphatic imine (C=N–C) groups is 1. The number of methoxy groups -OCH3 is 1. The van der Waals surface area contributed by atoms with E-state index in [2.05, 4.69) is 6.07 Å². The van der Waals surface area contributed by atoms with E-state index in [1.807, 2.05) is 43.2 Å². The van der Waals surface area contributed by atoms with Gasteiger partial charge in [-0.1, -0.05) is 35.5 Å². The van der Waals surface area contributed by atoms with Crippen molar-refractivity contribution in [1.82, 2.24) is 9.80 Å². The van der Waals surface area contributed by atoms with Crippen molar-refractivity contribution < 1.29 is 28.6 Å². The molecule has 1 aromatic rings. The van der Waals surface area contributed by atoms with Crippen LogP contribution in [-0.2, 0) is 28.6 Å². The molecule has 1 fully saturated rings. The van der Waals surface area contributed by atoms with Crippen molar-refractivity contribution in [3.05, 3.63) is 57.3 Å². The number of ether oxygens (including phenoxy) is 3.